The lowest BCUT2D eigenvalue weighted by molar-refractivity contribution is -0.133. The number of nitrogens with one attached hydrogen (secondary N) is 1. The molecular formula is C22H27N3O3. The number of carbonyl (C=O) groups is 2. The summed E-state index contributed by atoms with van der Waals surface area (Å²) < 4.78 is 5.14. The third-order valence-electron chi connectivity index (χ3n) is 5.08. The van der Waals surface area contributed by atoms with Gasteiger partial charge in [0.1, 0.15) is 5.75 Å². The maximum Gasteiger partial charge on any atom is 0.321 e. The van der Waals surface area contributed by atoms with Crippen LogP contribution in [0.5, 0.6) is 5.75 Å². The molecule has 1 unspecified atom stereocenters. The van der Waals surface area contributed by atoms with Gasteiger partial charge in [-0.1, -0.05) is 37.3 Å². The Kier molecular flexibility index (Phi) is 6.53. The molecule has 1 aliphatic heterocycles. The molecule has 1 fully saturated rings. The Morgan fingerprint density at radius 3 is 2.50 bits per heavy atom. The maximum absolute atomic E-state index is 12.8. The lowest BCUT2D eigenvalue weighted by Gasteiger charge is -2.31. The molecule has 0 spiro atoms. The Balaban J connectivity index is 1.68. The minimum Gasteiger partial charge on any atom is -0.497 e. The lowest BCUT2D eigenvalue weighted by Crippen LogP contribution is -2.44. The Hall–Kier alpha value is -3.02. The fourth-order valence-electron chi connectivity index (χ4n) is 3.43. The van der Waals surface area contributed by atoms with Crippen LogP contribution in [0.25, 0.3) is 0 Å². The summed E-state index contributed by atoms with van der Waals surface area (Å²) in [5, 5.41) is 2.92. The largest absolute Gasteiger partial charge is 0.497 e. The number of methoxy groups -OCH3 is 1. The highest BCUT2D eigenvalue weighted by molar-refractivity contribution is 5.90. The van der Waals surface area contributed by atoms with Gasteiger partial charge in [0.05, 0.1) is 7.11 Å². The highest BCUT2D eigenvalue weighted by Gasteiger charge is 2.30. The van der Waals surface area contributed by atoms with Crippen molar-refractivity contribution in [3.63, 3.8) is 0 Å². The van der Waals surface area contributed by atoms with Crippen LogP contribution in [0.15, 0.2) is 54.6 Å². The number of rotatable bonds is 5. The van der Waals surface area contributed by atoms with Crippen LogP contribution in [0, 0.1) is 0 Å². The third-order valence-corrected chi connectivity index (χ3v) is 5.08. The van der Waals surface area contributed by atoms with Gasteiger partial charge in [0.2, 0.25) is 5.91 Å². The molecule has 2 aromatic rings. The molecular weight excluding hydrogens is 354 g/mol. The molecule has 6 heteroatoms. The van der Waals surface area contributed by atoms with E-state index in [1.165, 1.54) is 0 Å². The molecule has 3 amide bonds. The van der Waals surface area contributed by atoms with Crippen molar-refractivity contribution in [3.05, 3.63) is 60.2 Å². The minimum atomic E-state index is -0.182. The first-order valence-corrected chi connectivity index (χ1v) is 9.64. The van der Waals surface area contributed by atoms with Gasteiger partial charge < -0.3 is 19.9 Å². The first-order valence-electron chi connectivity index (χ1n) is 9.64. The summed E-state index contributed by atoms with van der Waals surface area (Å²) in [6.45, 7) is 3.58. The molecule has 6 nitrogen and oxygen atoms in total. The number of nitrogens with zero attached hydrogens (tertiary/aromatic N) is 2. The van der Waals surface area contributed by atoms with Crippen LogP contribution in [-0.2, 0) is 11.3 Å². The van der Waals surface area contributed by atoms with E-state index in [1.54, 1.807) is 36.3 Å². The molecule has 0 radical (unpaired) electrons. The number of ether oxygens (including phenoxy) is 1. The molecule has 1 N–H and O–H groups in total. The number of hydrogen-bond acceptors (Lipinski definition) is 3. The van der Waals surface area contributed by atoms with E-state index < -0.39 is 0 Å². The van der Waals surface area contributed by atoms with Gasteiger partial charge in [0.15, 0.2) is 0 Å². The summed E-state index contributed by atoms with van der Waals surface area (Å²) in [6, 6.07) is 17.0. The zero-order valence-corrected chi connectivity index (χ0v) is 16.4. The van der Waals surface area contributed by atoms with Crippen LogP contribution in [0.2, 0.25) is 0 Å². The normalized spacial score (nSPS) is 17.2. The molecule has 28 heavy (non-hydrogen) atoms. The van der Waals surface area contributed by atoms with Crippen LogP contribution < -0.4 is 10.1 Å². The van der Waals surface area contributed by atoms with Crippen molar-refractivity contribution >= 4 is 17.6 Å². The molecule has 3 rings (SSSR count). The number of benzene rings is 2. The van der Waals surface area contributed by atoms with E-state index in [-0.39, 0.29) is 18.0 Å². The molecule has 0 bridgehead atoms. The highest BCUT2D eigenvalue weighted by Crippen LogP contribution is 2.20. The van der Waals surface area contributed by atoms with Gasteiger partial charge in [-0.05, 0) is 36.2 Å². The van der Waals surface area contributed by atoms with Crippen LogP contribution in [0.1, 0.15) is 25.3 Å². The van der Waals surface area contributed by atoms with Crippen LogP contribution >= 0.6 is 0 Å². The van der Waals surface area contributed by atoms with E-state index in [1.807, 2.05) is 35.2 Å². The topological polar surface area (TPSA) is 61.9 Å². The third kappa shape index (κ3) is 4.82. The van der Waals surface area contributed by atoms with Crippen molar-refractivity contribution in [2.75, 3.05) is 25.5 Å². The monoisotopic (exact) mass is 381 g/mol. The van der Waals surface area contributed by atoms with Crippen LogP contribution in [0.3, 0.4) is 0 Å². The summed E-state index contributed by atoms with van der Waals surface area (Å²) in [4.78, 5) is 29.2. The first-order chi connectivity index (χ1) is 13.6. The predicted octanol–water partition coefficient (Wildman–Crippen LogP) is 3.74. The first kappa shape index (κ1) is 19.7. The van der Waals surface area contributed by atoms with Gasteiger partial charge in [-0.15, -0.1) is 0 Å². The van der Waals surface area contributed by atoms with Gasteiger partial charge in [0.25, 0.3) is 0 Å². The molecule has 1 atom stereocenters. The molecule has 0 aliphatic carbocycles. The molecule has 0 aromatic heterocycles. The van der Waals surface area contributed by atoms with E-state index in [0.717, 1.165) is 17.7 Å². The van der Waals surface area contributed by atoms with Gasteiger partial charge >= 0.3 is 6.03 Å². The second-order valence-electron chi connectivity index (χ2n) is 6.92. The number of amides is 3. The van der Waals surface area contributed by atoms with E-state index in [2.05, 4.69) is 12.2 Å². The van der Waals surface area contributed by atoms with E-state index in [0.29, 0.717) is 31.7 Å². The molecule has 1 heterocycles. The van der Waals surface area contributed by atoms with Crippen LogP contribution in [-0.4, -0.2) is 48.0 Å². The SMILES string of the molecule is CCC1CN(C(=O)Nc2ccc(OC)cc2)CCC(=O)N1Cc1ccccc1. The average Bonchev–Trinajstić information content (AvgIpc) is 2.88. The number of urea groups is 1. The van der Waals surface area contributed by atoms with Crippen molar-refractivity contribution in [1.82, 2.24) is 9.80 Å². The summed E-state index contributed by atoms with van der Waals surface area (Å²) in [7, 11) is 1.61. The smallest absolute Gasteiger partial charge is 0.321 e. The van der Waals surface area contributed by atoms with E-state index in [4.69, 9.17) is 4.74 Å². The Morgan fingerprint density at radius 2 is 1.86 bits per heavy atom. The Morgan fingerprint density at radius 1 is 1.14 bits per heavy atom. The van der Waals surface area contributed by atoms with Crippen LogP contribution in [0.4, 0.5) is 10.5 Å². The van der Waals surface area contributed by atoms with Crippen molar-refractivity contribution in [1.29, 1.82) is 0 Å². The van der Waals surface area contributed by atoms with Gasteiger partial charge in [-0.3, -0.25) is 4.79 Å². The summed E-state index contributed by atoms with van der Waals surface area (Å²) in [5.74, 6) is 0.830. The fraction of sp³-hybridized carbons (Fsp3) is 0.364. The lowest BCUT2D eigenvalue weighted by atomic mass is 10.1. The number of carbonyl (C=O) groups excluding carboxylic acids is 2. The molecule has 0 saturated carbocycles. The summed E-state index contributed by atoms with van der Waals surface area (Å²) in [5.41, 5.74) is 1.81. The standard InChI is InChI=1S/C22H27N3O3/c1-3-19-16-24(22(27)23-18-9-11-20(28-2)12-10-18)14-13-21(26)25(19)15-17-7-5-4-6-8-17/h4-12,19H,3,13-16H2,1-2H3,(H,23,27). The zero-order chi connectivity index (χ0) is 19.9. The molecule has 148 valence electrons. The second-order valence-corrected chi connectivity index (χ2v) is 6.92. The molecule has 1 saturated heterocycles. The van der Waals surface area contributed by atoms with Gasteiger partial charge in [-0.2, -0.15) is 0 Å². The average molecular weight is 381 g/mol. The molecule has 1 aliphatic rings. The second kappa shape index (κ2) is 9.26. The summed E-state index contributed by atoms with van der Waals surface area (Å²) in [6.07, 6.45) is 1.13. The van der Waals surface area contributed by atoms with Crippen molar-refractivity contribution in [3.8, 4) is 5.75 Å². The van der Waals surface area contributed by atoms with Gasteiger partial charge in [-0.25, -0.2) is 4.79 Å². The number of hydrogen-bond donors (Lipinski definition) is 1. The van der Waals surface area contributed by atoms with E-state index >= 15 is 0 Å². The van der Waals surface area contributed by atoms with Crippen molar-refractivity contribution in [2.45, 2.75) is 32.4 Å². The fourth-order valence-corrected chi connectivity index (χ4v) is 3.43. The van der Waals surface area contributed by atoms with E-state index in [9.17, 15) is 9.59 Å². The zero-order valence-electron chi connectivity index (χ0n) is 16.4. The Bertz CT molecular complexity index is 792. The van der Waals surface area contributed by atoms with Crippen molar-refractivity contribution < 1.29 is 14.3 Å². The highest BCUT2D eigenvalue weighted by atomic mass is 16.5. The van der Waals surface area contributed by atoms with Gasteiger partial charge in [0, 0.05) is 37.8 Å². The minimum absolute atomic E-state index is 0.00294. The molecule has 2 aromatic carbocycles. The Labute approximate surface area is 166 Å². The maximum atomic E-state index is 12.8. The quantitative estimate of drug-likeness (QED) is 0.858. The summed E-state index contributed by atoms with van der Waals surface area (Å²) >= 11 is 0. The number of anilines is 1. The predicted molar refractivity (Wildman–Crippen MR) is 109 cm³/mol. The van der Waals surface area contributed by atoms with Crippen molar-refractivity contribution in [2.24, 2.45) is 0 Å².